The number of benzene rings is 2. The number of methoxy groups -OCH3 is 1. The van der Waals surface area contributed by atoms with Gasteiger partial charge in [0, 0.05) is 5.02 Å². The molecule has 0 aliphatic rings. The maximum absolute atomic E-state index is 13.6. The number of rotatable bonds is 2. The molecule has 88 valence electrons. The van der Waals surface area contributed by atoms with Crippen molar-refractivity contribution in [1.29, 1.82) is 0 Å². The van der Waals surface area contributed by atoms with E-state index in [1.807, 2.05) is 12.1 Å². The summed E-state index contributed by atoms with van der Waals surface area (Å²) in [6, 6.07) is 10.2. The zero-order valence-electron chi connectivity index (χ0n) is 9.21. The van der Waals surface area contributed by atoms with E-state index in [-0.39, 0.29) is 5.69 Å². The molecule has 0 radical (unpaired) electrons. The summed E-state index contributed by atoms with van der Waals surface area (Å²) in [6.07, 6.45) is 0. The molecule has 0 saturated heterocycles. The minimum Gasteiger partial charge on any atom is -0.494 e. The van der Waals surface area contributed by atoms with Crippen molar-refractivity contribution in [2.75, 3.05) is 12.8 Å². The second-order valence-corrected chi connectivity index (χ2v) is 4.02. The molecule has 0 heterocycles. The summed E-state index contributed by atoms with van der Waals surface area (Å²) >= 11 is 5.80. The molecule has 0 atom stereocenters. The first-order valence-corrected chi connectivity index (χ1v) is 5.38. The highest BCUT2D eigenvalue weighted by Crippen LogP contribution is 2.31. The zero-order valence-corrected chi connectivity index (χ0v) is 9.96. The Bertz CT molecular complexity index is 540. The van der Waals surface area contributed by atoms with Gasteiger partial charge < -0.3 is 10.5 Å². The normalized spacial score (nSPS) is 10.3. The van der Waals surface area contributed by atoms with Crippen LogP contribution >= 0.6 is 11.6 Å². The average Bonchev–Trinajstić information content (AvgIpc) is 2.33. The highest BCUT2D eigenvalue weighted by molar-refractivity contribution is 6.30. The van der Waals surface area contributed by atoms with E-state index in [1.165, 1.54) is 13.2 Å². The molecule has 0 bridgehead atoms. The van der Waals surface area contributed by atoms with Gasteiger partial charge in [-0.3, -0.25) is 0 Å². The number of halogens is 2. The second-order valence-electron chi connectivity index (χ2n) is 3.58. The summed E-state index contributed by atoms with van der Waals surface area (Å²) in [4.78, 5) is 0. The van der Waals surface area contributed by atoms with Crippen LogP contribution in [-0.4, -0.2) is 7.11 Å². The summed E-state index contributed by atoms with van der Waals surface area (Å²) in [5.74, 6) is -0.163. The van der Waals surface area contributed by atoms with Crippen molar-refractivity contribution in [3.05, 3.63) is 47.2 Å². The predicted molar refractivity (Wildman–Crippen MR) is 67.8 cm³/mol. The molecule has 0 spiro atoms. The van der Waals surface area contributed by atoms with Gasteiger partial charge in [0.25, 0.3) is 0 Å². The lowest BCUT2D eigenvalue weighted by atomic mass is 10.0. The van der Waals surface area contributed by atoms with E-state index < -0.39 is 5.82 Å². The van der Waals surface area contributed by atoms with Crippen molar-refractivity contribution in [3.63, 3.8) is 0 Å². The van der Waals surface area contributed by atoms with Gasteiger partial charge in [-0.2, -0.15) is 0 Å². The van der Waals surface area contributed by atoms with Crippen molar-refractivity contribution in [3.8, 4) is 16.9 Å². The number of ether oxygens (including phenoxy) is 1. The molecule has 2 aromatic carbocycles. The lowest BCUT2D eigenvalue weighted by Crippen LogP contribution is -1.96. The van der Waals surface area contributed by atoms with E-state index >= 15 is 0 Å². The van der Waals surface area contributed by atoms with Crippen LogP contribution in [0.3, 0.4) is 0 Å². The van der Waals surface area contributed by atoms with Gasteiger partial charge >= 0.3 is 0 Å². The first-order valence-electron chi connectivity index (χ1n) is 5.01. The molecule has 0 fully saturated rings. The first-order chi connectivity index (χ1) is 8.11. The van der Waals surface area contributed by atoms with Gasteiger partial charge in [-0.25, -0.2) is 4.39 Å². The quantitative estimate of drug-likeness (QED) is 0.826. The molecule has 0 aromatic heterocycles. The van der Waals surface area contributed by atoms with Crippen molar-refractivity contribution in [1.82, 2.24) is 0 Å². The fraction of sp³-hybridized carbons (Fsp3) is 0.0769. The molecule has 2 nitrogen and oxygen atoms in total. The largest absolute Gasteiger partial charge is 0.494 e. The Morgan fingerprint density at radius 2 is 1.76 bits per heavy atom. The predicted octanol–water partition coefficient (Wildman–Crippen LogP) is 3.74. The Labute approximate surface area is 104 Å². The summed E-state index contributed by atoms with van der Waals surface area (Å²) in [5.41, 5.74) is 7.11. The topological polar surface area (TPSA) is 35.2 Å². The lowest BCUT2D eigenvalue weighted by molar-refractivity contribution is 0.414. The van der Waals surface area contributed by atoms with Crippen molar-refractivity contribution < 1.29 is 9.13 Å². The van der Waals surface area contributed by atoms with E-state index in [0.29, 0.717) is 16.3 Å². The van der Waals surface area contributed by atoms with E-state index in [2.05, 4.69) is 0 Å². The van der Waals surface area contributed by atoms with Gasteiger partial charge in [0.05, 0.1) is 7.11 Å². The average molecular weight is 252 g/mol. The first kappa shape index (κ1) is 11.7. The Balaban J connectivity index is 2.52. The molecule has 2 N–H and O–H groups in total. The third-order valence-electron chi connectivity index (χ3n) is 2.49. The zero-order chi connectivity index (χ0) is 12.4. The molecule has 2 aromatic rings. The van der Waals surface area contributed by atoms with Crippen molar-refractivity contribution >= 4 is 17.3 Å². The van der Waals surface area contributed by atoms with Crippen LogP contribution < -0.4 is 10.5 Å². The third-order valence-corrected chi connectivity index (χ3v) is 2.74. The van der Waals surface area contributed by atoms with Crippen molar-refractivity contribution in [2.45, 2.75) is 0 Å². The van der Waals surface area contributed by atoms with E-state index in [0.717, 1.165) is 5.56 Å². The Kier molecular flexibility index (Phi) is 3.20. The highest BCUT2D eigenvalue weighted by atomic mass is 35.5. The van der Waals surface area contributed by atoms with Crippen LogP contribution in [0, 0.1) is 5.82 Å². The van der Waals surface area contributed by atoms with Crippen LogP contribution in [0.2, 0.25) is 5.02 Å². The Morgan fingerprint density at radius 3 is 2.35 bits per heavy atom. The third kappa shape index (κ3) is 2.34. The summed E-state index contributed by atoms with van der Waals surface area (Å²) in [6.45, 7) is 0. The lowest BCUT2D eigenvalue weighted by Gasteiger charge is -2.09. The maximum atomic E-state index is 13.6. The number of nitrogen functional groups attached to an aromatic ring is 1. The van der Waals surface area contributed by atoms with Crippen LogP contribution in [-0.2, 0) is 0 Å². The molecule has 4 heteroatoms. The van der Waals surface area contributed by atoms with Crippen molar-refractivity contribution in [2.24, 2.45) is 0 Å². The second kappa shape index (κ2) is 4.63. The summed E-state index contributed by atoms with van der Waals surface area (Å²) in [5, 5.41) is 0.636. The molecular weight excluding hydrogens is 241 g/mol. The van der Waals surface area contributed by atoms with Crippen LogP contribution in [0.15, 0.2) is 36.4 Å². The molecule has 0 aliphatic carbocycles. The highest BCUT2D eigenvalue weighted by Gasteiger charge is 2.09. The summed E-state index contributed by atoms with van der Waals surface area (Å²) < 4.78 is 18.6. The smallest absolute Gasteiger partial charge is 0.150 e. The number of hydrogen-bond donors (Lipinski definition) is 1. The van der Waals surface area contributed by atoms with Gasteiger partial charge in [0.2, 0.25) is 0 Å². The van der Waals surface area contributed by atoms with Gasteiger partial charge in [-0.05, 0) is 35.4 Å². The SMILES string of the molecule is COc1cc(-c2ccc(Cl)cc2)cc(F)c1N. The minimum atomic E-state index is -0.491. The summed E-state index contributed by atoms with van der Waals surface area (Å²) in [7, 11) is 1.46. The minimum absolute atomic E-state index is 0.0187. The van der Waals surface area contributed by atoms with Crippen LogP contribution in [0.25, 0.3) is 11.1 Å². The molecule has 0 amide bonds. The van der Waals surface area contributed by atoms with Crippen LogP contribution in [0.1, 0.15) is 0 Å². The van der Waals surface area contributed by atoms with Gasteiger partial charge in [0.15, 0.2) is 5.82 Å². The maximum Gasteiger partial charge on any atom is 0.150 e. The standard InChI is InChI=1S/C13H11ClFNO/c1-17-12-7-9(6-11(15)13(12)16)8-2-4-10(14)5-3-8/h2-7H,16H2,1H3. The van der Waals surface area contributed by atoms with Crippen LogP contribution in [0.4, 0.5) is 10.1 Å². The van der Waals surface area contributed by atoms with Gasteiger partial charge in [-0.1, -0.05) is 23.7 Å². The fourth-order valence-corrected chi connectivity index (χ4v) is 1.70. The van der Waals surface area contributed by atoms with E-state index in [9.17, 15) is 4.39 Å². The number of hydrogen-bond acceptors (Lipinski definition) is 2. The Morgan fingerprint density at radius 1 is 1.12 bits per heavy atom. The van der Waals surface area contributed by atoms with E-state index in [1.54, 1.807) is 18.2 Å². The Hall–Kier alpha value is -1.74. The molecule has 0 unspecified atom stereocenters. The monoisotopic (exact) mass is 251 g/mol. The van der Waals surface area contributed by atoms with Gasteiger partial charge in [-0.15, -0.1) is 0 Å². The van der Waals surface area contributed by atoms with Crippen LogP contribution in [0.5, 0.6) is 5.75 Å². The number of anilines is 1. The molecule has 17 heavy (non-hydrogen) atoms. The molecule has 0 saturated carbocycles. The number of nitrogens with two attached hydrogens (primary N) is 1. The molecule has 0 aliphatic heterocycles. The fourth-order valence-electron chi connectivity index (χ4n) is 1.57. The molecule has 2 rings (SSSR count). The van der Waals surface area contributed by atoms with Gasteiger partial charge in [0.1, 0.15) is 11.4 Å². The van der Waals surface area contributed by atoms with E-state index in [4.69, 9.17) is 22.1 Å². The molecular formula is C13H11ClFNO.